The molecule has 0 aliphatic rings. The first-order chi connectivity index (χ1) is 17.5. The van der Waals surface area contributed by atoms with Crippen molar-refractivity contribution in [1.82, 2.24) is 0 Å². The van der Waals surface area contributed by atoms with Gasteiger partial charge in [0.1, 0.15) is 28.6 Å². The molecule has 1 N–H and O–H groups in total. The van der Waals surface area contributed by atoms with Gasteiger partial charge >= 0.3 is 0 Å². The molecule has 1 amide bonds. The maximum Gasteiger partial charge on any atom is 0.248 e. The molecule has 0 spiro atoms. The molecule has 0 aliphatic carbocycles. The highest BCUT2D eigenvalue weighted by Gasteiger charge is 2.17. The number of methoxy groups -OCH3 is 3. The van der Waals surface area contributed by atoms with Gasteiger partial charge in [0, 0.05) is 40.3 Å². The molecule has 4 rings (SSSR count). The first-order valence-corrected chi connectivity index (χ1v) is 11.5. The predicted molar refractivity (Wildman–Crippen MR) is 141 cm³/mol. The zero-order chi connectivity index (χ0) is 25.7. The van der Waals surface area contributed by atoms with Crippen LogP contribution in [0.25, 0.3) is 27.7 Å². The number of hydrogen-bond acceptors (Lipinski definition) is 6. The molecule has 0 saturated heterocycles. The highest BCUT2D eigenvalue weighted by atomic mass is 16.5. The van der Waals surface area contributed by atoms with Gasteiger partial charge in [0.25, 0.3) is 0 Å². The minimum absolute atomic E-state index is 0.307. The molecule has 0 fully saturated rings. The van der Waals surface area contributed by atoms with E-state index in [1.165, 1.54) is 6.08 Å². The zero-order valence-corrected chi connectivity index (χ0v) is 21.0. The van der Waals surface area contributed by atoms with Gasteiger partial charge in [-0.1, -0.05) is 18.2 Å². The molecule has 1 heterocycles. The van der Waals surface area contributed by atoms with E-state index in [0.717, 1.165) is 33.4 Å². The highest BCUT2D eigenvalue weighted by Crippen LogP contribution is 2.40. The molecule has 4 aromatic rings. The summed E-state index contributed by atoms with van der Waals surface area (Å²) in [4.78, 5) is 13.0. The van der Waals surface area contributed by atoms with E-state index in [0.29, 0.717) is 35.1 Å². The summed E-state index contributed by atoms with van der Waals surface area (Å²) in [6, 6.07) is 16.8. The van der Waals surface area contributed by atoms with Crippen LogP contribution in [0.4, 0.5) is 5.69 Å². The van der Waals surface area contributed by atoms with Crippen molar-refractivity contribution < 1.29 is 28.2 Å². The van der Waals surface area contributed by atoms with Crippen molar-refractivity contribution in [1.29, 1.82) is 0 Å². The van der Waals surface area contributed by atoms with Crippen LogP contribution in [0.2, 0.25) is 0 Å². The average molecular weight is 488 g/mol. The molecule has 7 nitrogen and oxygen atoms in total. The molecule has 3 aromatic carbocycles. The largest absolute Gasteiger partial charge is 0.497 e. The Morgan fingerprint density at radius 2 is 1.69 bits per heavy atom. The van der Waals surface area contributed by atoms with E-state index >= 15 is 0 Å². The van der Waals surface area contributed by atoms with Crippen molar-refractivity contribution in [3.05, 3.63) is 72.5 Å². The number of furan rings is 1. The van der Waals surface area contributed by atoms with E-state index in [9.17, 15) is 4.79 Å². The number of fused-ring (bicyclic) bond motifs is 1. The Kier molecular flexibility index (Phi) is 7.49. The second-order valence-corrected chi connectivity index (χ2v) is 8.01. The van der Waals surface area contributed by atoms with Crippen LogP contribution in [0.1, 0.15) is 19.4 Å². The van der Waals surface area contributed by atoms with Gasteiger partial charge in [-0.05, 0) is 43.7 Å². The summed E-state index contributed by atoms with van der Waals surface area (Å²) in [5.41, 5.74) is 4.52. The van der Waals surface area contributed by atoms with E-state index in [4.69, 9.17) is 23.4 Å². The summed E-state index contributed by atoms with van der Waals surface area (Å²) in [6.07, 6.45) is 3.24. The Morgan fingerprint density at radius 3 is 2.42 bits per heavy atom. The van der Waals surface area contributed by atoms with Crippen LogP contribution in [0, 0.1) is 0 Å². The quantitative estimate of drug-likeness (QED) is 0.269. The summed E-state index contributed by atoms with van der Waals surface area (Å²) >= 11 is 0. The smallest absolute Gasteiger partial charge is 0.248 e. The normalized spacial score (nSPS) is 11.3. The van der Waals surface area contributed by atoms with E-state index in [-0.39, 0.29) is 5.91 Å². The maximum atomic E-state index is 13.0. The van der Waals surface area contributed by atoms with Crippen molar-refractivity contribution in [2.75, 3.05) is 33.3 Å². The number of allylic oxidation sites excluding steroid dienone is 1. The predicted octanol–water partition coefficient (Wildman–Crippen LogP) is 6.57. The number of nitrogens with one attached hydrogen (secondary N) is 1. The van der Waals surface area contributed by atoms with Crippen LogP contribution in [0.5, 0.6) is 23.0 Å². The monoisotopic (exact) mass is 487 g/mol. The Labute approximate surface area is 210 Å². The molecule has 7 heteroatoms. The van der Waals surface area contributed by atoms with Crippen molar-refractivity contribution in [2.24, 2.45) is 0 Å². The van der Waals surface area contributed by atoms with Gasteiger partial charge in [0.15, 0.2) is 0 Å². The molecular weight excluding hydrogens is 458 g/mol. The standard InChI is InChI=1S/C29H29NO6/c1-6-35-27-16-28-22(23(17-36-28)20-9-7-8-10-25(20)33-4)15-21(27)18(2)13-29(31)30-24-14-19(32-3)11-12-26(24)34-5/h7-17H,6H2,1-5H3,(H,30,31)/b18-13+. The number of benzene rings is 3. The Balaban J connectivity index is 1.74. The summed E-state index contributed by atoms with van der Waals surface area (Å²) in [7, 11) is 4.76. The van der Waals surface area contributed by atoms with Crippen molar-refractivity contribution in [3.63, 3.8) is 0 Å². The van der Waals surface area contributed by atoms with Crippen molar-refractivity contribution >= 4 is 28.1 Å². The minimum Gasteiger partial charge on any atom is -0.497 e. The molecule has 0 bridgehead atoms. The number of carbonyl (C=O) groups excluding carboxylic acids is 1. The fourth-order valence-corrected chi connectivity index (χ4v) is 4.07. The van der Waals surface area contributed by atoms with Crippen LogP contribution in [0.15, 0.2) is 71.4 Å². The van der Waals surface area contributed by atoms with E-state index < -0.39 is 0 Å². The third-order valence-electron chi connectivity index (χ3n) is 5.81. The topological polar surface area (TPSA) is 79.2 Å². The maximum absolute atomic E-state index is 13.0. The lowest BCUT2D eigenvalue weighted by atomic mass is 9.98. The van der Waals surface area contributed by atoms with E-state index in [1.54, 1.807) is 45.8 Å². The molecule has 0 radical (unpaired) electrons. The SMILES string of the molecule is CCOc1cc2occ(-c3ccccc3OC)c2cc1/C(C)=C/C(=O)Nc1cc(OC)ccc1OC. The van der Waals surface area contributed by atoms with Gasteiger partial charge < -0.3 is 28.7 Å². The Bertz CT molecular complexity index is 1420. The van der Waals surface area contributed by atoms with Gasteiger partial charge in [-0.25, -0.2) is 0 Å². The molecule has 186 valence electrons. The molecule has 36 heavy (non-hydrogen) atoms. The lowest BCUT2D eigenvalue weighted by Gasteiger charge is -2.13. The molecule has 0 aliphatic heterocycles. The van der Waals surface area contributed by atoms with Gasteiger partial charge in [0.05, 0.1) is 39.9 Å². The summed E-state index contributed by atoms with van der Waals surface area (Å²) < 4.78 is 28.0. The zero-order valence-electron chi connectivity index (χ0n) is 21.0. The number of anilines is 1. The number of amides is 1. The molecule has 0 saturated carbocycles. The van der Waals surface area contributed by atoms with Gasteiger partial charge in [-0.2, -0.15) is 0 Å². The van der Waals surface area contributed by atoms with E-state index in [2.05, 4.69) is 5.32 Å². The first-order valence-electron chi connectivity index (χ1n) is 11.5. The second-order valence-electron chi connectivity index (χ2n) is 8.01. The van der Waals surface area contributed by atoms with Crippen LogP contribution in [-0.2, 0) is 4.79 Å². The van der Waals surface area contributed by atoms with Gasteiger partial charge in [-0.3, -0.25) is 4.79 Å². The summed E-state index contributed by atoms with van der Waals surface area (Å²) in [5, 5.41) is 3.77. The number of hydrogen-bond donors (Lipinski definition) is 1. The Morgan fingerprint density at radius 1 is 0.917 bits per heavy atom. The van der Waals surface area contributed by atoms with Crippen molar-refractivity contribution in [3.8, 4) is 34.1 Å². The van der Waals surface area contributed by atoms with Gasteiger partial charge in [-0.15, -0.1) is 0 Å². The fourth-order valence-electron chi connectivity index (χ4n) is 4.07. The van der Waals surface area contributed by atoms with Crippen molar-refractivity contribution in [2.45, 2.75) is 13.8 Å². The number of carbonyl (C=O) groups is 1. The third-order valence-corrected chi connectivity index (χ3v) is 5.81. The molecule has 0 unspecified atom stereocenters. The Hall–Kier alpha value is -4.39. The van der Waals surface area contributed by atoms with Crippen LogP contribution < -0.4 is 24.3 Å². The molecular formula is C29H29NO6. The van der Waals surface area contributed by atoms with Gasteiger partial charge in [0.2, 0.25) is 5.91 Å². The average Bonchev–Trinajstić information content (AvgIpc) is 3.30. The lowest BCUT2D eigenvalue weighted by molar-refractivity contribution is -0.111. The lowest BCUT2D eigenvalue weighted by Crippen LogP contribution is -2.10. The minimum atomic E-state index is -0.307. The number of ether oxygens (including phenoxy) is 4. The first kappa shape index (κ1) is 24.7. The fraction of sp³-hybridized carbons (Fsp3) is 0.207. The summed E-state index contributed by atoms with van der Waals surface area (Å²) in [5.74, 6) is 2.21. The number of rotatable bonds is 9. The second kappa shape index (κ2) is 10.9. The molecule has 1 aromatic heterocycles. The third kappa shape index (κ3) is 5.00. The number of para-hydroxylation sites is 1. The molecule has 0 atom stereocenters. The van der Waals surface area contributed by atoms with E-state index in [1.807, 2.05) is 50.2 Å². The van der Waals surface area contributed by atoms with Crippen LogP contribution in [-0.4, -0.2) is 33.8 Å². The van der Waals surface area contributed by atoms with Crippen LogP contribution in [0.3, 0.4) is 0 Å². The van der Waals surface area contributed by atoms with Crippen LogP contribution >= 0.6 is 0 Å². The summed E-state index contributed by atoms with van der Waals surface area (Å²) in [6.45, 7) is 4.26. The highest BCUT2D eigenvalue weighted by molar-refractivity contribution is 6.06.